The van der Waals surface area contributed by atoms with Gasteiger partial charge >= 0.3 is 5.97 Å². The third-order valence-corrected chi connectivity index (χ3v) is 5.18. The fourth-order valence-corrected chi connectivity index (χ4v) is 3.47. The Balaban J connectivity index is 1.70. The first-order chi connectivity index (χ1) is 15.1. The Bertz CT molecular complexity index is 1130. The van der Waals surface area contributed by atoms with Gasteiger partial charge in [0.05, 0.1) is 23.8 Å². The summed E-state index contributed by atoms with van der Waals surface area (Å²) in [5.41, 5.74) is 3.44. The molecule has 0 saturated heterocycles. The maximum absolute atomic E-state index is 12.0. The third-order valence-electron chi connectivity index (χ3n) is 5.18. The molecule has 2 aromatic heterocycles. The number of carboxylic acids is 1. The lowest BCUT2D eigenvalue weighted by atomic mass is 9.99. The smallest absolute Gasteiger partial charge is 0.326 e. The fourth-order valence-electron chi connectivity index (χ4n) is 3.47. The second kappa shape index (κ2) is 9.26. The average Bonchev–Trinajstić information content (AvgIpc) is 3.34. The van der Waals surface area contributed by atoms with Crippen LogP contribution >= 0.6 is 0 Å². The monoisotopic (exact) mass is 413 g/mol. The van der Waals surface area contributed by atoms with Gasteiger partial charge in [-0.2, -0.15) is 0 Å². The zero-order valence-corrected chi connectivity index (χ0v) is 17.1. The predicted molar refractivity (Wildman–Crippen MR) is 119 cm³/mol. The lowest BCUT2D eigenvalue weighted by molar-refractivity contribution is -0.138. The number of aromatic nitrogens is 2. The van der Waals surface area contributed by atoms with Crippen molar-refractivity contribution < 1.29 is 14.3 Å². The van der Waals surface area contributed by atoms with Crippen LogP contribution in [0.15, 0.2) is 89.7 Å². The molecule has 2 aromatic carbocycles. The van der Waals surface area contributed by atoms with Crippen LogP contribution in [-0.2, 0) is 11.2 Å². The van der Waals surface area contributed by atoms with Crippen LogP contribution in [0.25, 0.3) is 11.3 Å². The molecule has 0 spiro atoms. The van der Waals surface area contributed by atoms with Gasteiger partial charge in [0, 0.05) is 17.9 Å². The third kappa shape index (κ3) is 4.80. The van der Waals surface area contributed by atoms with Crippen molar-refractivity contribution in [3.8, 4) is 11.3 Å². The van der Waals surface area contributed by atoms with Gasteiger partial charge in [0.1, 0.15) is 17.6 Å². The Morgan fingerprint density at radius 1 is 1.03 bits per heavy atom. The SMILES string of the molecule is CC(c1ccco1)C(Nc1ncc(-c2ccccc2)nc1Cc1ccccc1)C(=O)O. The van der Waals surface area contributed by atoms with Gasteiger partial charge in [-0.25, -0.2) is 14.8 Å². The van der Waals surface area contributed by atoms with Crippen molar-refractivity contribution in [2.45, 2.75) is 25.3 Å². The molecule has 2 unspecified atom stereocenters. The van der Waals surface area contributed by atoms with Gasteiger partial charge < -0.3 is 14.8 Å². The summed E-state index contributed by atoms with van der Waals surface area (Å²) in [6.45, 7) is 1.81. The molecule has 0 amide bonds. The maximum atomic E-state index is 12.0. The molecule has 0 aliphatic carbocycles. The fraction of sp³-hybridized carbons (Fsp3) is 0.160. The van der Waals surface area contributed by atoms with Gasteiger partial charge in [-0.3, -0.25) is 0 Å². The average molecular weight is 413 g/mol. The zero-order chi connectivity index (χ0) is 21.6. The van der Waals surface area contributed by atoms with Crippen molar-refractivity contribution in [1.82, 2.24) is 9.97 Å². The number of hydrogen-bond donors (Lipinski definition) is 2. The van der Waals surface area contributed by atoms with E-state index in [2.05, 4.69) is 10.3 Å². The van der Waals surface area contributed by atoms with Crippen LogP contribution in [0.4, 0.5) is 5.82 Å². The summed E-state index contributed by atoms with van der Waals surface area (Å²) in [5, 5.41) is 13.0. The van der Waals surface area contributed by atoms with E-state index in [1.54, 1.807) is 24.6 Å². The molecule has 0 bridgehead atoms. The lowest BCUT2D eigenvalue weighted by Crippen LogP contribution is -2.35. The van der Waals surface area contributed by atoms with Crippen molar-refractivity contribution >= 4 is 11.8 Å². The van der Waals surface area contributed by atoms with E-state index in [-0.39, 0.29) is 0 Å². The van der Waals surface area contributed by atoms with E-state index < -0.39 is 17.9 Å². The quantitative estimate of drug-likeness (QED) is 0.423. The van der Waals surface area contributed by atoms with Crippen LogP contribution in [-0.4, -0.2) is 27.1 Å². The highest BCUT2D eigenvalue weighted by Crippen LogP contribution is 2.26. The second-order valence-corrected chi connectivity index (χ2v) is 7.34. The summed E-state index contributed by atoms with van der Waals surface area (Å²) < 4.78 is 5.43. The van der Waals surface area contributed by atoms with Crippen LogP contribution in [0.1, 0.15) is 29.9 Å². The van der Waals surface area contributed by atoms with E-state index in [1.807, 2.05) is 67.6 Å². The van der Waals surface area contributed by atoms with Crippen molar-refractivity contribution in [3.63, 3.8) is 0 Å². The minimum absolute atomic E-state index is 0.396. The molecule has 0 saturated carbocycles. The van der Waals surface area contributed by atoms with E-state index in [1.165, 1.54) is 0 Å². The highest BCUT2D eigenvalue weighted by Gasteiger charge is 2.29. The molecule has 4 aromatic rings. The molecule has 6 heteroatoms. The molecule has 0 aliphatic rings. The first-order valence-corrected chi connectivity index (χ1v) is 10.1. The number of carbonyl (C=O) groups is 1. The van der Waals surface area contributed by atoms with Gasteiger partial charge in [-0.15, -0.1) is 0 Å². The summed E-state index contributed by atoms with van der Waals surface area (Å²) in [6, 6.07) is 22.3. The molecule has 4 rings (SSSR count). The number of nitrogens with one attached hydrogen (secondary N) is 1. The largest absolute Gasteiger partial charge is 0.480 e. The lowest BCUT2D eigenvalue weighted by Gasteiger charge is -2.22. The molecule has 0 radical (unpaired) electrons. The van der Waals surface area contributed by atoms with Crippen molar-refractivity contribution in [1.29, 1.82) is 0 Å². The zero-order valence-electron chi connectivity index (χ0n) is 17.1. The van der Waals surface area contributed by atoms with Crippen molar-refractivity contribution in [2.24, 2.45) is 0 Å². The summed E-state index contributed by atoms with van der Waals surface area (Å²) >= 11 is 0. The van der Waals surface area contributed by atoms with Gasteiger partial charge in [-0.05, 0) is 17.7 Å². The minimum atomic E-state index is -0.983. The van der Waals surface area contributed by atoms with E-state index in [9.17, 15) is 9.90 Å². The molecule has 6 nitrogen and oxygen atoms in total. The Labute approximate surface area is 180 Å². The standard InChI is InChI=1S/C25H23N3O3/c1-17(22-13-8-14-31-22)23(25(29)30)28-24-20(15-18-9-4-2-5-10-18)27-21(16-26-24)19-11-6-3-7-12-19/h2-14,16-17,23H,15H2,1H3,(H,26,28)(H,29,30). The Morgan fingerprint density at radius 3 is 2.39 bits per heavy atom. The first-order valence-electron chi connectivity index (χ1n) is 10.1. The van der Waals surface area contributed by atoms with Gasteiger partial charge in [0.2, 0.25) is 0 Å². The molecule has 156 valence electrons. The molecular weight excluding hydrogens is 390 g/mol. The molecular formula is C25H23N3O3. The molecule has 0 aliphatic heterocycles. The van der Waals surface area contributed by atoms with E-state index >= 15 is 0 Å². The Kier molecular flexibility index (Phi) is 6.08. The van der Waals surface area contributed by atoms with Crippen LogP contribution in [0, 0.1) is 0 Å². The number of anilines is 1. The number of benzene rings is 2. The predicted octanol–water partition coefficient (Wildman–Crippen LogP) is 5.00. The van der Waals surface area contributed by atoms with E-state index in [4.69, 9.17) is 9.40 Å². The van der Waals surface area contributed by atoms with Gasteiger partial charge in [-0.1, -0.05) is 67.6 Å². The Hall–Kier alpha value is -3.93. The maximum Gasteiger partial charge on any atom is 0.326 e. The van der Waals surface area contributed by atoms with Crippen LogP contribution < -0.4 is 5.32 Å². The molecule has 2 atom stereocenters. The summed E-state index contributed by atoms with van der Waals surface area (Å²) in [7, 11) is 0. The number of carboxylic acid groups (broad SMARTS) is 1. The van der Waals surface area contributed by atoms with Crippen molar-refractivity contribution in [3.05, 3.63) is 102 Å². The number of nitrogens with zero attached hydrogens (tertiary/aromatic N) is 2. The topological polar surface area (TPSA) is 88.3 Å². The molecule has 0 fully saturated rings. The molecule has 2 heterocycles. The van der Waals surface area contributed by atoms with Crippen LogP contribution in [0.3, 0.4) is 0 Å². The highest BCUT2D eigenvalue weighted by molar-refractivity contribution is 5.78. The second-order valence-electron chi connectivity index (χ2n) is 7.34. The number of furan rings is 1. The van der Waals surface area contributed by atoms with Gasteiger partial charge in [0.15, 0.2) is 0 Å². The number of aliphatic carboxylic acids is 1. The summed E-state index contributed by atoms with van der Waals surface area (Å²) in [4.78, 5) is 21.4. The Morgan fingerprint density at radius 2 is 1.74 bits per heavy atom. The summed E-state index contributed by atoms with van der Waals surface area (Å²) in [5.74, 6) is -0.330. The van der Waals surface area contributed by atoms with E-state index in [0.29, 0.717) is 23.7 Å². The molecule has 31 heavy (non-hydrogen) atoms. The number of rotatable bonds is 8. The highest BCUT2D eigenvalue weighted by atomic mass is 16.4. The first kappa shape index (κ1) is 20.3. The van der Waals surface area contributed by atoms with Crippen molar-refractivity contribution in [2.75, 3.05) is 5.32 Å². The van der Waals surface area contributed by atoms with Gasteiger partial charge in [0.25, 0.3) is 0 Å². The van der Waals surface area contributed by atoms with Crippen LogP contribution in [0.2, 0.25) is 0 Å². The van der Waals surface area contributed by atoms with E-state index in [0.717, 1.165) is 16.8 Å². The van der Waals surface area contributed by atoms with Crippen LogP contribution in [0.5, 0.6) is 0 Å². The normalized spacial score (nSPS) is 12.8. The minimum Gasteiger partial charge on any atom is -0.480 e. The summed E-state index contributed by atoms with van der Waals surface area (Å²) in [6.07, 6.45) is 3.74. The number of hydrogen-bond acceptors (Lipinski definition) is 5. The molecule has 2 N–H and O–H groups in total.